The van der Waals surface area contributed by atoms with Gasteiger partial charge in [-0.15, -0.1) is 0 Å². The molecule has 0 saturated carbocycles. The van der Waals surface area contributed by atoms with Crippen molar-refractivity contribution in [3.63, 3.8) is 0 Å². The number of nitrogens with zero attached hydrogens (tertiary/aromatic N) is 2. The predicted molar refractivity (Wildman–Crippen MR) is 86.7 cm³/mol. The van der Waals surface area contributed by atoms with Gasteiger partial charge < -0.3 is 10.1 Å². The van der Waals surface area contributed by atoms with Crippen molar-refractivity contribution in [3.8, 4) is 0 Å². The number of ether oxygens (including phenoxy) is 1. The highest BCUT2D eigenvalue weighted by Gasteiger charge is 2.34. The SMILES string of the molecule is CC(C)(C)OC(=O)N1CCCC[C@@H]1C(=O)NCc1ccncc1. The van der Waals surface area contributed by atoms with E-state index in [0.717, 1.165) is 18.4 Å². The quantitative estimate of drug-likeness (QED) is 0.929. The second kappa shape index (κ2) is 7.44. The minimum absolute atomic E-state index is 0.132. The molecule has 0 spiro atoms. The molecule has 23 heavy (non-hydrogen) atoms. The Balaban J connectivity index is 1.97. The Labute approximate surface area is 137 Å². The van der Waals surface area contributed by atoms with Crippen LogP contribution in [-0.4, -0.2) is 40.1 Å². The summed E-state index contributed by atoms with van der Waals surface area (Å²) in [5.41, 5.74) is 0.417. The smallest absolute Gasteiger partial charge is 0.410 e. The van der Waals surface area contributed by atoms with E-state index in [-0.39, 0.29) is 5.91 Å². The molecule has 0 unspecified atom stereocenters. The fourth-order valence-electron chi connectivity index (χ4n) is 2.55. The summed E-state index contributed by atoms with van der Waals surface area (Å²) in [4.78, 5) is 30.3. The van der Waals surface area contributed by atoms with E-state index in [1.807, 2.05) is 32.9 Å². The van der Waals surface area contributed by atoms with E-state index in [0.29, 0.717) is 19.5 Å². The number of hydrogen-bond acceptors (Lipinski definition) is 4. The normalized spacial score (nSPS) is 18.4. The molecule has 1 atom stereocenters. The third kappa shape index (κ3) is 5.23. The van der Waals surface area contributed by atoms with Crippen LogP contribution in [0.4, 0.5) is 4.79 Å². The molecular weight excluding hydrogens is 294 g/mol. The lowest BCUT2D eigenvalue weighted by Crippen LogP contribution is -2.52. The third-order valence-electron chi connectivity index (χ3n) is 3.65. The Morgan fingerprint density at radius 1 is 1.30 bits per heavy atom. The summed E-state index contributed by atoms with van der Waals surface area (Å²) in [6, 6.07) is 3.25. The van der Waals surface area contributed by atoms with Crippen LogP contribution >= 0.6 is 0 Å². The van der Waals surface area contributed by atoms with Crippen molar-refractivity contribution in [1.29, 1.82) is 0 Å². The van der Waals surface area contributed by atoms with Crippen molar-refractivity contribution in [1.82, 2.24) is 15.2 Å². The van der Waals surface area contributed by atoms with Crippen LogP contribution in [0.1, 0.15) is 45.6 Å². The Bertz CT molecular complexity index is 540. The average molecular weight is 319 g/mol. The average Bonchev–Trinajstić information content (AvgIpc) is 2.52. The van der Waals surface area contributed by atoms with Gasteiger partial charge in [-0.25, -0.2) is 4.79 Å². The summed E-state index contributed by atoms with van der Waals surface area (Å²) in [6.07, 6.45) is 5.47. The monoisotopic (exact) mass is 319 g/mol. The number of hydrogen-bond donors (Lipinski definition) is 1. The minimum atomic E-state index is -0.563. The van der Waals surface area contributed by atoms with Crippen LogP contribution in [0.5, 0.6) is 0 Å². The van der Waals surface area contributed by atoms with Gasteiger partial charge in [0.1, 0.15) is 11.6 Å². The highest BCUT2D eigenvalue weighted by molar-refractivity contribution is 5.85. The first kappa shape index (κ1) is 17.2. The molecule has 0 radical (unpaired) electrons. The van der Waals surface area contributed by atoms with E-state index in [1.165, 1.54) is 0 Å². The molecule has 126 valence electrons. The number of pyridine rings is 1. The van der Waals surface area contributed by atoms with E-state index < -0.39 is 17.7 Å². The van der Waals surface area contributed by atoms with Gasteiger partial charge >= 0.3 is 6.09 Å². The highest BCUT2D eigenvalue weighted by atomic mass is 16.6. The first-order chi connectivity index (χ1) is 10.9. The van der Waals surface area contributed by atoms with Crippen molar-refractivity contribution in [3.05, 3.63) is 30.1 Å². The van der Waals surface area contributed by atoms with Gasteiger partial charge in [-0.2, -0.15) is 0 Å². The van der Waals surface area contributed by atoms with E-state index >= 15 is 0 Å². The first-order valence-electron chi connectivity index (χ1n) is 8.03. The summed E-state index contributed by atoms with van der Waals surface area (Å²) in [5.74, 6) is -0.132. The number of aromatic nitrogens is 1. The maximum atomic E-state index is 12.5. The summed E-state index contributed by atoms with van der Waals surface area (Å²) in [7, 11) is 0. The zero-order valence-corrected chi connectivity index (χ0v) is 14.0. The highest BCUT2D eigenvalue weighted by Crippen LogP contribution is 2.20. The number of likely N-dealkylation sites (tertiary alicyclic amines) is 1. The fourth-order valence-corrected chi connectivity index (χ4v) is 2.55. The molecule has 1 aromatic rings. The van der Waals surface area contributed by atoms with Gasteiger partial charge in [-0.3, -0.25) is 14.7 Å². The molecule has 1 N–H and O–H groups in total. The number of rotatable bonds is 3. The van der Waals surface area contributed by atoms with Gasteiger partial charge in [0.2, 0.25) is 5.91 Å². The molecule has 0 bridgehead atoms. The summed E-state index contributed by atoms with van der Waals surface area (Å²) in [6.45, 7) is 6.47. The van der Waals surface area contributed by atoms with Crippen LogP contribution in [0.15, 0.2) is 24.5 Å². The maximum absolute atomic E-state index is 12.5. The standard InChI is InChI=1S/C17H25N3O3/c1-17(2,3)23-16(22)20-11-5-4-6-14(20)15(21)19-12-13-7-9-18-10-8-13/h7-10,14H,4-6,11-12H2,1-3H3,(H,19,21)/t14-/m1/s1. The van der Waals surface area contributed by atoms with E-state index in [2.05, 4.69) is 10.3 Å². The molecular formula is C17H25N3O3. The molecule has 0 aromatic carbocycles. The van der Waals surface area contributed by atoms with Crippen molar-refractivity contribution < 1.29 is 14.3 Å². The fraction of sp³-hybridized carbons (Fsp3) is 0.588. The predicted octanol–water partition coefficient (Wildman–Crippen LogP) is 2.49. The largest absolute Gasteiger partial charge is 0.444 e. The van der Waals surface area contributed by atoms with Gasteiger partial charge in [0.15, 0.2) is 0 Å². The zero-order chi connectivity index (χ0) is 16.9. The molecule has 1 saturated heterocycles. The van der Waals surface area contributed by atoms with Crippen LogP contribution in [0.25, 0.3) is 0 Å². The molecule has 0 aliphatic carbocycles. The molecule has 6 nitrogen and oxygen atoms in total. The topological polar surface area (TPSA) is 71.5 Å². The Morgan fingerprint density at radius 2 is 2.00 bits per heavy atom. The Kier molecular flexibility index (Phi) is 5.58. The minimum Gasteiger partial charge on any atom is -0.444 e. The molecule has 1 fully saturated rings. The molecule has 2 amide bonds. The van der Waals surface area contributed by atoms with Gasteiger partial charge in [0, 0.05) is 25.5 Å². The van der Waals surface area contributed by atoms with Crippen LogP contribution in [0.2, 0.25) is 0 Å². The van der Waals surface area contributed by atoms with E-state index in [9.17, 15) is 9.59 Å². The molecule has 1 aliphatic rings. The second-order valence-electron chi connectivity index (χ2n) is 6.76. The number of amides is 2. The van der Waals surface area contributed by atoms with Crippen LogP contribution in [-0.2, 0) is 16.1 Å². The summed E-state index contributed by atoms with van der Waals surface area (Å²) >= 11 is 0. The lowest BCUT2D eigenvalue weighted by atomic mass is 10.0. The van der Waals surface area contributed by atoms with Gasteiger partial charge in [-0.05, 0) is 57.7 Å². The first-order valence-corrected chi connectivity index (χ1v) is 8.03. The molecule has 1 aromatic heterocycles. The third-order valence-corrected chi connectivity index (χ3v) is 3.65. The summed E-state index contributed by atoms with van der Waals surface area (Å²) < 4.78 is 5.42. The molecule has 2 heterocycles. The Morgan fingerprint density at radius 3 is 2.65 bits per heavy atom. The lowest BCUT2D eigenvalue weighted by molar-refractivity contribution is -0.127. The molecule has 6 heteroatoms. The number of piperidine rings is 1. The van der Waals surface area contributed by atoms with Crippen molar-refractivity contribution in [2.75, 3.05) is 6.54 Å². The maximum Gasteiger partial charge on any atom is 0.410 e. The van der Waals surface area contributed by atoms with Crippen molar-refractivity contribution in [2.24, 2.45) is 0 Å². The van der Waals surface area contributed by atoms with E-state index in [1.54, 1.807) is 17.3 Å². The molecule has 2 rings (SSSR count). The number of carbonyl (C=O) groups is 2. The second-order valence-corrected chi connectivity index (χ2v) is 6.76. The van der Waals surface area contributed by atoms with Crippen LogP contribution in [0.3, 0.4) is 0 Å². The van der Waals surface area contributed by atoms with Gasteiger partial charge in [0.25, 0.3) is 0 Å². The zero-order valence-electron chi connectivity index (χ0n) is 14.0. The van der Waals surface area contributed by atoms with Crippen LogP contribution in [0, 0.1) is 0 Å². The van der Waals surface area contributed by atoms with Gasteiger partial charge in [-0.1, -0.05) is 0 Å². The van der Waals surface area contributed by atoms with Crippen molar-refractivity contribution >= 4 is 12.0 Å². The van der Waals surface area contributed by atoms with Crippen LogP contribution < -0.4 is 5.32 Å². The van der Waals surface area contributed by atoms with E-state index in [4.69, 9.17) is 4.74 Å². The number of carbonyl (C=O) groups excluding carboxylic acids is 2. The summed E-state index contributed by atoms with van der Waals surface area (Å²) in [5, 5.41) is 2.90. The number of nitrogens with one attached hydrogen (secondary N) is 1. The Hall–Kier alpha value is -2.11. The van der Waals surface area contributed by atoms with Crippen molar-refractivity contribution in [2.45, 2.75) is 58.2 Å². The van der Waals surface area contributed by atoms with Gasteiger partial charge in [0.05, 0.1) is 0 Å². The lowest BCUT2D eigenvalue weighted by Gasteiger charge is -2.35. The molecule has 1 aliphatic heterocycles.